The summed E-state index contributed by atoms with van der Waals surface area (Å²) < 4.78 is 4.67. The zero-order chi connectivity index (χ0) is 20.8. The van der Waals surface area contributed by atoms with Crippen molar-refractivity contribution in [2.75, 3.05) is 17.7 Å². The summed E-state index contributed by atoms with van der Waals surface area (Å²) >= 11 is 0. The maximum atomic E-state index is 12.5. The van der Waals surface area contributed by atoms with Gasteiger partial charge in [0.2, 0.25) is 0 Å². The number of nitrogens with one attached hydrogen (secondary N) is 2. The highest BCUT2D eigenvalue weighted by Crippen LogP contribution is 2.15. The second kappa shape index (κ2) is 8.79. The Morgan fingerprint density at radius 3 is 2.03 bits per heavy atom. The van der Waals surface area contributed by atoms with Crippen LogP contribution in [-0.4, -0.2) is 29.9 Å². The lowest BCUT2D eigenvalue weighted by Crippen LogP contribution is -2.16. The minimum absolute atomic E-state index is 0.213. The van der Waals surface area contributed by atoms with Gasteiger partial charge in [0.15, 0.2) is 0 Å². The van der Waals surface area contributed by atoms with Crippen molar-refractivity contribution in [2.45, 2.75) is 6.92 Å². The molecule has 0 aliphatic heterocycles. The van der Waals surface area contributed by atoms with E-state index in [1.165, 1.54) is 31.6 Å². The van der Waals surface area contributed by atoms with Crippen molar-refractivity contribution < 1.29 is 19.1 Å². The van der Waals surface area contributed by atoms with Gasteiger partial charge in [-0.2, -0.15) is 0 Å². The Kier molecular flexibility index (Phi) is 5.99. The number of aromatic nitrogens is 1. The molecule has 3 aromatic rings. The summed E-state index contributed by atoms with van der Waals surface area (Å²) in [6.45, 7) is 1.96. The van der Waals surface area contributed by atoms with Crippen molar-refractivity contribution in [2.24, 2.45) is 0 Å². The van der Waals surface area contributed by atoms with Gasteiger partial charge in [0.1, 0.15) is 0 Å². The first-order chi connectivity index (χ1) is 14.0. The van der Waals surface area contributed by atoms with Crippen molar-refractivity contribution in [1.29, 1.82) is 0 Å². The molecule has 7 heteroatoms. The third-order valence-electron chi connectivity index (χ3n) is 4.11. The molecular formula is C22H19N3O4. The Hall–Kier alpha value is -4.00. The predicted molar refractivity (Wildman–Crippen MR) is 109 cm³/mol. The quantitative estimate of drug-likeness (QED) is 0.649. The topological polar surface area (TPSA) is 97.4 Å². The third kappa shape index (κ3) is 5.04. The average Bonchev–Trinajstić information content (AvgIpc) is 2.75. The predicted octanol–water partition coefficient (Wildman–Crippen LogP) is 3.68. The molecule has 7 nitrogen and oxygen atoms in total. The lowest BCUT2D eigenvalue weighted by molar-refractivity contribution is 0.0600. The number of esters is 1. The highest BCUT2D eigenvalue weighted by Gasteiger charge is 2.13. The second-order valence-electron chi connectivity index (χ2n) is 6.31. The van der Waals surface area contributed by atoms with E-state index in [9.17, 15) is 14.4 Å². The molecule has 0 aliphatic rings. The standard InChI is InChI=1S/C22H19N3O4/c1-14-6-8-18(9-7-14)24-20(26)16-10-17(13-23-12-16)21(27)25-19-5-3-4-15(11-19)22(28)29-2/h3-13H,1-2H3,(H,24,26)(H,25,27). The number of rotatable bonds is 5. The van der Waals surface area contributed by atoms with E-state index < -0.39 is 11.9 Å². The van der Waals surface area contributed by atoms with Gasteiger partial charge in [-0.05, 0) is 43.3 Å². The molecule has 0 saturated carbocycles. The molecule has 0 aliphatic carbocycles. The SMILES string of the molecule is COC(=O)c1cccc(NC(=O)c2cncc(C(=O)Nc3ccc(C)cc3)c2)c1. The van der Waals surface area contributed by atoms with Crippen LogP contribution < -0.4 is 10.6 Å². The van der Waals surface area contributed by atoms with E-state index in [0.717, 1.165) is 5.56 Å². The summed E-state index contributed by atoms with van der Waals surface area (Å²) in [5.74, 6) is -1.33. The number of pyridine rings is 1. The van der Waals surface area contributed by atoms with Crippen LogP contribution in [0.5, 0.6) is 0 Å². The average molecular weight is 389 g/mol. The molecule has 0 unspecified atom stereocenters. The largest absolute Gasteiger partial charge is 0.465 e. The second-order valence-corrected chi connectivity index (χ2v) is 6.31. The van der Waals surface area contributed by atoms with Crippen molar-refractivity contribution in [3.05, 3.63) is 89.2 Å². The van der Waals surface area contributed by atoms with Gasteiger partial charge < -0.3 is 15.4 Å². The van der Waals surface area contributed by atoms with Gasteiger partial charge in [-0.3, -0.25) is 14.6 Å². The molecule has 0 spiro atoms. The van der Waals surface area contributed by atoms with E-state index in [1.807, 2.05) is 19.1 Å². The zero-order valence-electron chi connectivity index (χ0n) is 15.9. The van der Waals surface area contributed by atoms with E-state index >= 15 is 0 Å². The van der Waals surface area contributed by atoms with E-state index in [2.05, 4.69) is 20.4 Å². The number of aryl methyl sites for hydroxylation is 1. The third-order valence-corrected chi connectivity index (χ3v) is 4.11. The van der Waals surface area contributed by atoms with E-state index in [-0.39, 0.29) is 17.0 Å². The summed E-state index contributed by atoms with van der Waals surface area (Å²) in [6, 6.07) is 15.2. The smallest absolute Gasteiger partial charge is 0.337 e. The molecular weight excluding hydrogens is 370 g/mol. The van der Waals surface area contributed by atoms with E-state index in [1.54, 1.807) is 30.3 Å². The fraction of sp³-hybridized carbons (Fsp3) is 0.0909. The number of amides is 2. The number of hydrogen-bond donors (Lipinski definition) is 2. The number of methoxy groups -OCH3 is 1. The number of ether oxygens (including phenoxy) is 1. The highest BCUT2D eigenvalue weighted by molar-refractivity contribution is 6.08. The minimum atomic E-state index is -0.502. The minimum Gasteiger partial charge on any atom is -0.465 e. The number of nitrogens with zero attached hydrogens (tertiary/aromatic N) is 1. The van der Waals surface area contributed by atoms with Crippen LogP contribution in [0.25, 0.3) is 0 Å². The molecule has 146 valence electrons. The normalized spacial score (nSPS) is 10.1. The van der Waals surface area contributed by atoms with Gasteiger partial charge in [-0.1, -0.05) is 23.8 Å². The lowest BCUT2D eigenvalue weighted by atomic mass is 10.1. The number of benzene rings is 2. The van der Waals surface area contributed by atoms with Crippen LogP contribution >= 0.6 is 0 Å². The van der Waals surface area contributed by atoms with Crippen molar-refractivity contribution >= 4 is 29.2 Å². The van der Waals surface area contributed by atoms with Gasteiger partial charge in [0.05, 0.1) is 23.8 Å². The van der Waals surface area contributed by atoms with Gasteiger partial charge in [0, 0.05) is 23.8 Å². The van der Waals surface area contributed by atoms with Gasteiger partial charge in [-0.15, -0.1) is 0 Å². The van der Waals surface area contributed by atoms with Crippen LogP contribution in [0, 0.1) is 6.92 Å². The van der Waals surface area contributed by atoms with E-state index in [0.29, 0.717) is 16.9 Å². The highest BCUT2D eigenvalue weighted by atomic mass is 16.5. The number of carbonyl (C=O) groups excluding carboxylic acids is 3. The number of hydrogen-bond acceptors (Lipinski definition) is 5. The maximum Gasteiger partial charge on any atom is 0.337 e. The molecule has 29 heavy (non-hydrogen) atoms. The molecule has 0 fully saturated rings. The summed E-state index contributed by atoms with van der Waals surface area (Å²) in [5.41, 5.74) is 2.93. The molecule has 0 atom stereocenters. The molecule has 0 saturated heterocycles. The summed E-state index contributed by atoms with van der Waals surface area (Å²) in [6.07, 6.45) is 2.75. The molecule has 3 rings (SSSR count). The number of anilines is 2. The molecule has 1 aromatic heterocycles. The van der Waals surface area contributed by atoms with Gasteiger partial charge >= 0.3 is 5.97 Å². The zero-order valence-corrected chi connectivity index (χ0v) is 15.9. The lowest BCUT2D eigenvalue weighted by Gasteiger charge is -2.09. The molecule has 0 bridgehead atoms. The van der Waals surface area contributed by atoms with Crippen LogP contribution in [0.1, 0.15) is 36.6 Å². The molecule has 2 aromatic carbocycles. The monoisotopic (exact) mass is 389 g/mol. The Balaban J connectivity index is 1.73. The van der Waals surface area contributed by atoms with Crippen LogP contribution in [0.3, 0.4) is 0 Å². The van der Waals surface area contributed by atoms with E-state index in [4.69, 9.17) is 0 Å². The Morgan fingerprint density at radius 1 is 0.793 bits per heavy atom. The summed E-state index contributed by atoms with van der Waals surface area (Å²) in [4.78, 5) is 40.6. The van der Waals surface area contributed by atoms with Crippen LogP contribution in [0.4, 0.5) is 11.4 Å². The Labute approximate surface area is 167 Å². The fourth-order valence-corrected chi connectivity index (χ4v) is 2.57. The first kappa shape index (κ1) is 19.8. The Bertz CT molecular complexity index is 1060. The van der Waals surface area contributed by atoms with Crippen molar-refractivity contribution in [3.63, 3.8) is 0 Å². The fourth-order valence-electron chi connectivity index (χ4n) is 2.57. The first-order valence-electron chi connectivity index (χ1n) is 8.79. The van der Waals surface area contributed by atoms with Crippen LogP contribution in [0.2, 0.25) is 0 Å². The molecule has 0 radical (unpaired) electrons. The van der Waals surface area contributed by atoms with Crippen LogP contribution in [-0.2, 0) is 4.74 Å². The van der Waals surface area contributed by atoms with Crippen molar-refractivity contribution in [1.82, 2.24) is 4.98 Å². The van der Waals surface area contributed by atoms with Gasteiger partial charge in [0.25, 0.3) is 11.8 Å². The first-order valence-corrected chi connectivity index (χ1v) is 8.79. The molecule has 2 N–H and O–H groups in total. The maximum absolute atomic E-state index is 12.5. The number of carbonyl (C=O) groups is 3. The summed E-state index contributed by atoms with van der Waals surface area (Å²) in [7, 11) is 1.28. The van der Waals surface area contributed by atoms with Crippen LogP contribution in [0.15, 0.2) is 67.0 Å². The molecule has 2 amide bonds. The van der Waals surface area contributed by atoms with Crippen molar-refractivity contribution in [3.8, 4) is 0 Å². The van der Waals surface area contributed by atoms with Gasteiger partial charge in [-0.25, -0.2) is 4.79 Å². The Morgan fingerprint density at radius 2 is 1.41 bits per heavy atom. The molecule has 1 heterocycles. The summed E-state index contributed by atoms with van der Waals surface area (Å²) in [5, 5.41) is 5.45.